The average molecular weight is 378 g/mol. The molecular weight excluding hydrogens is 365 g/mol. The molecule has 1 N–H and O–H groups in total. The highest BCUT2D eigenvalue weighted by molar-refractivity contribution is 6.35. The number of hydrogen-bond acceptors (Lipinski definition) is 5. The minimum absolute atomic E-state index is 0.210. The number of halogens is 2. The van der Waals surface area contributed by atoms with E-state index < -0.39 is 0 Å². The second-order valence-electron chi connectivity index (χ2n) is 5.10. The topological polar surface area (TPSA) is 77.2 Å². The molecule has 0 atom stereocenters. The fraction of sp³-hybridized carbons (Fsp3) is 0.118. The highest BCUT2D eigenvalue weighted by atomic mass is 35.5. The van der Waals surface area contributed by atoms with Gasteiger partial charge in [-0.2, -0.15) is 4.98 Å². The van der Waals surface area contributed by atoms with Gasteiger partial charge in [0.25, 0.3) is 11.8 Å². The summed E-state index contributed by atoms with van der Waals surface area (Å²) < 4.78 is 10.6. The quantitative estimate of drug-likeness (QED) is 0.714. The van der Waals surface area contributed by atoms with Crippen LogP contribution in [-0.4, -0.2) is 22.7 Å². The van der Waals surface area contributed by atoms with Crippen molar-refractivity contribution in [3.05, 3.63) is 58.3 Å². The first-order valence-corrected chi connectivity index (χ1v) is 8.06. The normalized spacial score (nSPS) is 10.5. The van der Waals surface area contributed by atoms with Gasteiger partial charge in [0.2, 0.25) is 0 Å². The average Bonchev–Trinajstić information content (AvgIpc) is 3.01. The monoisotopic (exact) mass is 377 g/mol. The lowest BCUT2D eigenvalue weighted by atomic mass is 10.1. The number of benzene rings is 2. The molecule has 0 bridgehead atoms. The Bertz CT molecular complexity index is 912. The minimum atomic E-state index is -0.352. The van der Waals surface area contributed by atoms with E-state index in [0.29, 0.717) is 38.8 Å². The smallest absolute Gasteiger partial charge is 0.262 e. The van der Waals surface area contributed by atoms with Crippen molar-refractivity contribution >= 4 is 34.8 Å². The van der Waals surface area contributed by atoms with E-state index in [-0.39, 0.29) is 12.5 Å². The van der Waals surface area contributed by atoms with Crippen LogP contribution in [-0.2, 0) is 4.79 Å². The zero-order valence-corrected chi connectivity index (χ0v) is 14.6. The van der Waals surface area contributed by atoms with E-state index in [2.05, 4.69) is 15.5 Å². The highest BCUT2D eigenvalue weighted by Crippen LogP contribution is 2.28. The third-order valence-corrected chi connectivity index (χ3v) is 3.74. The molecular formula is C17H13Cl2N3O3. The number of carbonyl (C=O) groups excluding carboxylic acids is 1. The van der Waals surface area contributed by atoms with Gasteiger partial charge in [0, 0.05) is 5.02 Å². The van der Waals surface area contributed by atoms with Crippen LogP contribution in [0.4, 0.5) is 5.69 Å². The lowest BCUT2D eigenvalue weighted by Gasteiger charge is -2.10. The van der Waals surface area contributed by atoms with Gasteiger partial charge in [-0.15, -0.1) is 0 Å². The fourth-order valence-corrected chi connectivity index (χ4v) is 2.57. The molecule has 0 unspecified atom stereocenters. The summed E-state index contributed by atoms with van der Waals surface area (Å²) in [6, 6.07) is 11.9. The summed E-state index contributed by atoms with van der Waals surface area (Å²) in [4.78, 5) is 16.4. The molecule has 1 amide bonds. The van der Waals surface area contributed by atoms with Crippen molar-refractivity contribution in [2.45, 2.75) is 6.92 Å². The van der Waals surface area contributed by atoms with Gasteiger partial charge in [0.1, 0.15) is 5.75 Å². The summed E-state index contributed by atoms with van der Waals surface area (Å²) in [6.45, 7) is 1.51. The van der Waals surface area contributed by atoms with E-state index in [0.717, 1.165) is 0 Å². The second kappa shape index (κ2) is 7.55. The summed E-state index contributed by atoms with van der Waals surface area (Å²) >= 11 is 11.8. The van der Waals surface area contributed by atoms with Crippen molar-refractivity contribution < 1.29 is 14.1 Å². The van der Waals surface area contributed by atoms with Gasteiger partial charge in [-0.25, -0.2) is 0 Å². The third kappa shape index (κ3) is 4.29. The van der Waals surface area contributed by atoms with E-state index in [1.54, 1.807) is 43.3 Å². The standard InChI is InChI=1S/C17H13Cl2N3O3/c1-10-20-17(25-22-10)12-4-2-3-5-14(12)21-16(23)9-24-15-7-6-11(18)8-13(15)19/h2-8H,9H2,1H3,(H,21,23). The van der Waals surface area contributed by atoms with Gasteiger partial charge in [-0.05, 0) is 37.3 Å². The van der Waals surface area contributed by atoms with Crippen molar-refractivity contribution in [2.24, 2.45) is 0 Å². The number of anilines is 1. The number of nitrogens with one attached hydrogen (secondary N) is 1. The summed E-state index contributed by atoms with van der Waals surface area (Å²) in [5, 5.41) is 7.34. The van der Waals surface area contributed by atoms with Gasteiger partial charge in [-0.3, -0.25) is 4.79 Å². The molecule has 3 rings (SSSR count). The van der Waals surface area contributed by atoms with Crippen LogP contribution in [0.1, 0.15) is 5.82 Å². The van der Waals surface area contributed by atoms with Crippen LogP contribution in [0.2, 0.25) is 10.0 Å². The molecule has 0 saturated heterocycles. The number of amides is 1. The molecule has 0 radical (unpaired) electrons. The van der Waals surface area contributed by atoms with E-state index in [1.807, 2.05) is 6.07 Å². The molecule has 1 heterocycles. The number of ether oxygens (including phenoxy) is 1. The molecule has 0 fully saturated rings. The minimum Gasteiger partial charge on any atom is -0.482 e. The van der Waals surface area contributed by atoms with Crippen LogP contribution in [0.15, 0.2) is 47.0 Å². The molecule has 128 valence electrons. The molecule has 0 aliphatic carbocycles. The van der Waals surface area contributed by atoms with Crippen molar-refractivity contribution in [3.63, 3.8) is 0 Å². The molecule has 2 aromatic carbocycles. The predicted octanol–water partition coefficient (Wildman–Crippen LogP) is 4.37. The Morgan fingerprint density at radius 1 is 1.24 bits per heavy atom. The lowest BCUT2D eigenvalue weighted by molar-refractivity contribution is -0.118. The van der Waals surface area contributed by atoms with Crippen LogP contribution in [0.3, 0.4) is 0 Å². The number of nitrogens with zero attached hydrogens (tertiary/aromatic N) is 2. The number of rotatable bonds is 5. The Hall–Kier alpha value is -2.57. The van der Waals surface area contributed by atoms with Crippen LogP contribution in [0.25, 0.3) is 11.5 Å². The van der Waals surface area contributed by atoms with Crippen molar-refractivity contribution in [1.82, 2.24) is 10.1 Å². The Morgan fingerprint density at radius 3 is 2.76 bits per heavy atom. The molecule has 1 aromatic heterocycles. The number of aryl methyl sites for hydroxylation is 1. The molecule has 0 aliphatic heterocycles. The van der Waals surface area contributed by atoms with Gasteiger partial charge >= 0.3 is 0 Å². The first-order valence-electron chi connectivity index (χ1n) is 7.30. The zero-order chi connectivity index (χ0) is 17.8. The van der Waals surface area contributed by atoms with E-state index in [1.165, 1.54) is 0 Å². The van der Waals surface area contributed by atoms with Gasteiger partial charge in [0.15, 0.2) is 12.4 Å². The van der Waals surface area contributed by atoms with Crippen LogP contribution in [0.5, 0.6) is 5.75 Å². The molecule has 25 heavy (non-hydrogen) atoms. The number of aromatic nitrogens is 2. The van der Waals surface area contributed by atoms with Crippen LogP contribution in [0, 0.1) is 6.92 Å². The van der Waals surface area contributed by atoms with E-state index in [9.17, 15) is 4.79 Å². The maximum atomic E-state index is 12.2. The van der Waals surface area contributed by atoms with E-state index >= 15 is 0 Å². The Kier molecular flexibility index (Phi) is 5.21. The first-order chi connectivity index (χ1) is 12.0. The summed E-state index contributed by atoms with van der Waals surface area (Å²) in [6.07, 6.45) is 0. The van der Waals surface area contributed by atoms with Gasteiger partial charge < -0.3 is 14.6 Å². The lowest BCUT2D eigenvalue weighted by Crippen LogP contribution is -2.20. The van der Waals surface area contributed by atoms with E-state index in [4.69, 9.17) is 32.5 Å². The summed E-state index contributed by atoms with van der Waals surface area (Å²) in [5.41, 5.74) is 1.17. The Labute approximate surface area is 153 Å². The summed E-state index contributed by atoms with van der Waals surface area (Å²) in [7, 11) is 0. The predicted molar refractivity (Wildman–Crippen MR) is 95.1 cm³/mol. The number of para-hydroxylation sites is 1. The van der Waals surface area contributed by atoms with Gasteiger partial charge in [0.05, 0.1) is 16.3 Å². The zero-order valence-electron chi connectivity index (χ0n) is 13.1. The number of carbonyl (C=O) groups is 1. The Balaban J connectivity index is 1.69. The highest BCUT2D eigenvalue weighted by Gasteiger charge is 2.14. The maximum absolute atomic E-state index is 12.2. The third-order valence-electron chi connectivity index (χ3n) is 3.21. The fourth-order valence-electron chi connectivity index (χ4n) is 2.11. The van der Waals surface area contributed by atoms with Crippen LogP contribution < -0.4 is 10.1 Å². The van der Waals surface area contributed by atoms with Crippen molar-refractivity contribution in [2.75, 3.05) is 11.9 Å². The number of hydrogen-bond donors (Lipinski definition) is 1. The SMILES string of the molecule is Cc1noc(-c2ccccc2NC(=O)COc2ccc(Cl)cc2Cl)n1. The van der Waals surface area contributed by atoms with Crippen LogP contribution >= 0.6 is 23.2 Å². The molecule has 3 aromatic rings. The maximum Gasteiger partial charge on any atom is 0.262 e. The molecule has 6 nitrogen and oxygen atoms in total. The first kappa shape index (κ1) is 17.3. The molecule has 0 aliphatic rings. The van der Waals surface area contributed by atoms with Crippen molar-refractivity contribution in [3.8, 4) is 17.2 Å². The molecule has 8 heteroatoms. The van der Waals surface area contributed by atoms with Gasteiger partial charge in [-0.1, -0.05) is 40.5 Å². The van der Waals surface area contributed by atoms with Crippen molar-refractivity contribution in [1.29, 1.82) is 0 Å². The second-order valence-corrected chi connectivity index (χ2v) is 5.95. The largest absolute Gasteiger partial charge is 0.482 e. The Morgan fingerprint density at radius 2 is 2.04 bits per heavy atom. The molecule has 0 spiro atoms. The molecule has 0 saturated carbocycles. The summed E-state index contributed by atoms with van der Waals surface area (Å²) in [5.74, 6) is 0.864.